The monoisotopic (exact) mass is 319 g/mol. The number of rotatable bonds is 4. The largest absolute Gasteiger partial charge is 0.478 e. The lowest BCUT2D eigenvalue weighted by Gasteiger charge is -2.14. The van der Waals surface area contributed by atoms with Crippen LogP contribution in [0.1, 0.15) is 28.4 Å². The van der Waals surface area contributed by atoms with Crippen LogP contribution in [0.25, 0.3) is 22.2 Å². The van der Waals surface area contributed by atoms with E-state index in [1.807, 2.05) is 36.4 Å². The molecule has 0 amide bonds. The molecule has 0 saturated carbocycles. The Morgan fingerprint density at radius 3 is 2.38 bits per heavy atom. The summed E-state index contributed by atoms with van der Waals surface area (Å²) >= 11 is 0. The number of aromatic nitrogens is 1. The molecule has 0 aliphatic heterocycles. The summed E-state index contributed by atoms with van der Waals surface area (Å²) in [6.45, 7) is 3.29. The van der Waals surface area contributed by atoms with Crippen molar-refractivity contribution in [2.24, 2.45) is 0 Å². The number of carboxylic acid groups (broad SMARTS) is 1. The minimum atomic E-state index is -0.989. The molecule has 0 spiro atoms. The number of para-hydroxylation sites is 1. The lowest BCUT2D eigenvalue weighted by atomic mass is 9.95. The molecule has 0 radical (unpaired) electrons. The van der Waals surface area contributed by atoms with Gasteiger partial charge in [-0.15, -0.1) is 0 Å². The summed E-state index contributed by atoms with van der Waals surface area (Å²) in [5, 5.41) is 10.3. The maximum absolute atomic E-state index is 11.9. The van der Waals surface area contributed by atoms with Crippen molar-refractivity contribution in [3.05, 3.63) is 65.2 Å². The van der Waals surface area contributed by atoms with Gasteiger partial charge in [-0.05, 0) is 25.0 Å². The Bertz CT molecular complexity index is 946. The molecule has 4 heteroatoms. The summed E-state index contributed by atoms with van der Waals surface area (Å²) in [5.41, 5.74) is 3.69. The number of Topliss-reactive ketones (excluding diaryl/α,β-unsaturated/α-hetero) is 1. The van der Waals surface area contributed by atoms with E-state index in [-0.39, 0.29) is 17.8 Å². The second kappa shape index (κ2) is 6.24. The maximum atomic E-state index is 11.9. The van der Waals surface area contributed by atoms with Crippen molar-refractivity contribution < 1.29 is 14.7 Å². The maximum Gasteiger partial charge on any atom is 0.336 e. The Morgan fingerprint density at radius 1 is 1.04 bits per heavy atom. The summed E-state index contributed by atoms with van der Waals surface area (Å²) in [6, 6.07) is 14.8. The first-order chi connectivity index (χ1) is 11.5. The molecular formula is C20H17NO3. The molecule has 3 aromatic rings. The van der Waals surface area contributed by atoms with Crippen LogP contribution in [-0.4, -0.2) is 21.8 Å². The Labute approximate surface area is 139 Å². The third kappa shape index (κ3) is 2.78. The van der Waals surface area contributed by atoms with Crippen LogP contribution in [0.15, 0.2) is 48.5 Å². The summed E-state index contributed by atoms with van der Waals surface area (Å²) < 4.78 is 0. The highest BCUT2D eigenvalue weighted by Gasteiger charge is 2.19. The molecule has 0 fully saturated rings. The molecule has 0 aliphatic carbocycles. The SMILES string of the molecule is CC(=O)Cc1cccc2c(C(=O)O)c(C)c(-c3ccccc3)nc12. The van der Waals surface area contributed by atoms with E-state index >= 15 is 0 Å². The molecule has 2 aromatic carbocycles. The zero-order valence-electron chi connectivity index (χ0n) is 13.5. The lowest BCUT2D eigenvalue weighted by molar-refractivity contribution is -0.116. The van der Waals surface area contributed by atoms with E-state index in [2.05, 4.69) is 0 Å². The summed E-state index contributed by atoms with van der Waals surface area (Å²) in [5.74, 6) is -0.972. The van der Waals surface area contributed by atoms with E-state index < -0.39 is 5.97 Å². The second-order valence-electron chi connectivity index (χ2n) is 5.82. The number of carbonyl (C=O) groups excluding carboxylic acids is 1. The Balaban J connectivity index is 2.40. The number of nitrogens with zero attached hydrogens (tertiary/aromatic N) is 1. The van der Waals surface area contributed by atoms with E-state index in [0.29, 0.717) is 22.2 Å². The molecule has 4 nitrogen and oxygen atoms in total. The number of carbonyl (C=O) groups is 2. The Hall–Kier alpha value is -3.01. The van der Waals surface area contributed by atoms with E-state index in [1.54, 1.807) is 19.1 Å². The number of aromatic carboxylic acids is 1. The average molecular weight is 319 g/mol. The summed E-state index contributed by atoms with van der Waals surface area (Å²) in [4.78, 5) is 28.1. The van der Waals surface area contributed by atoms with Crippen LogP contribution in [0.4, 0.5) is 0 Å². The Kier molecular flexibility index (Phi) is 4.13. The van der Waals surface area contributed by atoms with Crippen LogP contribution in [0.2, 0.25) is 0 Å². The predicted octanol–water partition coefficient (Wildman–Crippen LogP) is 4.04. The number of hydrogen-bond donors (Lipinski definition) is 1. The molecular weight excluding hydrogens is 302 g/mol. The van der Waals surface area contributed by atoms with Gasteiger partial charge >= 0.3 is 5.97 Å². The topological polar surface area (TPSA) is 67.3 Å². The molecule has 1 heterocycles. The van der Waals surface area contributed by atoms with Gasteiger partial charge in [0.05, 0.1) is 16.8 Å². The molecule has 120 valence electrons. The number of ketones is 1. The second-order valence-corrected chi connectivity index (χ2v) is 5.82. The standard InChI is InChI=1S/C20H17NO3/c1-12(22)11-15-9-6-10-16-17(20(23)24)13(2)18(21-19(15)16)14-7-4-3-5-8-14/h3-10H,11H2,1-2H3,(H,23,24). The number of pyridine rings is 1. The summed E-state index contributed by atoms with van der Waals surface area (Å²) in [6.07, 6.45) is 0.237. The number of hydrogen-bond acceptors (Lipinski definition) is 3. The van der Waals surface area contributed by atoms with Crippen molar-refractivity contribution >= 4 is 22.7 Å². The van der Waals surface area contributed by atoms with Gasteiger partial charge < -0.3 is 5.11 Å². The van der Waals surface area contributed by atoms with E-state index in [4.69, 9.17) is 4.98 Å². The molecule has 0 saturated heterocycles. The van der Waals surface area contributed by atoms with Gasteiger partial charge in [-0.2, -0.15) is 0 Å². The van der Waals surface area contributed by atoms with Gasteiger partial charge in [0, 0.05) is 17.4 Å². The van der Waals surface area contributed by atoms with Gasteiger partial charge in [0.15, 0.2) is 0 Å². The van der Waals surface area contributed by atoms with Crippen LogP contribution in [0.3, 0.4) is 0 Å². The molecule has 1 N–H and O–H groups in total. The third-order valence-electron chi connectivity index (χ3n) is 4.04. The van der Waals surface area contributed by atoms with Crippen molar-refractivity contribution in [3.8, 4) is 11.3 Å². The molecule has 0 atom stereocenters. The normalized spacial score (nSPS) is 10.8. The molecule has 0 bridgehead atoms. The van der Waals surface area contributed by atoms with E-state index in [0.717, 1.165) is 11.1 Å². The fourth-order valence-corrected chi connectivity index (χ4v) is 3.00. The first-order valence-corrected chi connectivity index (χ1v) is 7.69. The quantitative estimate of drug-likeness (QED) is 0.788. The van der Waals surface area contributed by atoms with Gasteiger partial charge in [-0.3, -0.25) is 4.79 Å². The number of fused-ring (bicyclic) bond motifs is 1. The zero-order valence-corrected chi connectivity index (χ0v) is 13.5. The molecule has 24 heavy (non-hydrogen) atoms. The third-order valence-corrected chi connectivity index (χ3v) is 4.04. The smallest absolute Gasteiger partial charge is 0.336 e. The zero-order chi connectivity index (χ0) is 17.3. The molecule has 1 aromatic heterocycles. The molecule has 0 unspecified atom stereocenters. The van der Waals surface area contributed by atoms with Gasteiger partial charge in [0.2, 0.25) is 0 Å². The number of benzene rings is 2. The van der Waals surface area contributed by atoms with Gasteiger partial charge in [0.1, 0.15) is 5.78 Å². The van der Waals surface area contributed by atoms with E-state index in [1.165, 1.54) is 6.92 Å². The van der Waals surface area contributed by atoms with Crippen LogP contribution in [-0.2, 0) is 11.2 Å². The minimum Gasteiger partial charge on any atom is -0.478 e. The predicted molar refractivity (Wildman–Crippen MR) is 93.3 cm³/mol. The van der Waals surface area contributed by atoms with Crippen LogP contribution < -0.4 is 0 Å². The van der Waals surface area contributed by atoms with Crippen molar-refractivity contribution in [1.29, 1.82) is 0 Å². The average Bonchev–Trinajstić information content (AvgIpc) is 2.54. The fourth-order valence-electron chi connectivity index (χ4n) is 3.00. The van der Waals surface area contributed by atoms with E-state index in [9.17, 15) is 14.7 Å². The lowest BCUT2D eigenvalue weighted by Crippen LogP contribution is -2.07. The number of carboxylic acids is 1. The van der Waals surface area contributed by atoms with Gasteiger partial charge in [-0.25, -0.2) is 9.78 Å². The highest BCUT2D eigenvalue weighted by Crippen LogP contribution is 2.31. The highest BCUT2D eigenvalue weighted by atomic mass is 16.4. The van der Waals surface area contributed by atoms with Crippen molar-refractivity contribution in [3.63, 3.8) is 0 Å². The van der Waals surface area contributed by atoms with Gasteiger partial charge in [-0.1, -0.05) is 48.5 Å². The first-order valence-electron chi connectivity index (χ1n) is 7.69. The van der Waals surface area contributed by atoms with Crippen LogP contribution in [0.5, 0.6) is 0 Å². The highest BCUT2D eigenvalue weighted by molar-refractivity contribution is 6.06. The minimum absolute atomic E-state index is 0.0167. The summed E-state index contributed by atoms with van der Waals surface area (Å²) in [7, 11) is 0. The Morgan fingerprint density at radius 2 is 1.75 bits per heavy atom. The molecule has 0 aliphatic rings. The van der Waals surface area contributed by atoms with Crippen molar-refractivity contribution in [2.75, 3.05) is 0 Å². The first kappa shape index (κ1) is 15.9. The van der Waals surface area contributed by atoms with Crippen molar-refractivity contribution in [2.45, 2.75) is 20.3 Å². The van der Waals surface area contributed by atoms with Crippen LogP contribution >= 0.6 is 0 Å². The van der Waals surface area contributed by atoms with Gasteiger partial charge in [0.25, 0.3) is 0 Å². The molecule has 3 rings (SSSR count). The fraction of sp³-hybridized carbons (Fsp3) is 0.150. The van der Waals surface area contributed by atoms with Crippen molar-refractivity contribution in [1.82, 2.24) is 4.98 Å². The van der Waals surface area contributed by atoms with Crippen LogP contribution in [0, 0.1) is 6.92 Å².